The maximum absolute atomic E-state index is 9.74. The van der Waals surface area contributed by atoms with Crippen molar-refractivity contribution in [1.29, 1.82) is 0 Å². The highest BCUT2D eigenvalue weighted by molar-refractivity contribution is 7.09. The zero-order chi connectivity index (χ0) is 9.42. The highest BCUT2D eigenvalue weighted by atomic mass is 31.0. The van der Waals surface area contributed by atoms with Crippen molar-refractivity contribution in [2.45, 2.75) is 30.7 Å². The van der Waals surface area contributed by atoms with E-state index in [9.17, 15) is 5.11 Å². The van der Waals surface area contributed by atoms with Gasteiger partial charge < -0.3 is 23.8 Å². The summed E-state index contributed by atoms with van der Waals surface area (Å²) in [5, 5.41) is 9.74. The average Bonchev–Trinajstić information content (AvgIpc) is 2.57. The molecule has 6 heteroatoms. The van der Waals surface area contributed by atoms with E-state index in [2.05, 4.69) is 9.47 Å². The maximum Gasteiger partial charge on any atom is 0.187 e. The Kier molecular flexibility index (Phi) is 2.83. The molecule has 0 aromatic carbocycles. The highest BCUT2D eigenvalue weighted by Crippen LogP contribution is 2.32. The quantitative estimate of drug-likeness (QED) is 0.608. The van der Waals surface area contributed by atoms with E-state index in [1.807, 2.05) is 0 Å². The van der Waals surface area contributed by atoms with Crippen LogP contribution in [0.5, 0.6) is 0 Å². The van der Waals surface area contributed by atoms with Crippen LogP contribution in [-0.4, -0.2) is 49.5 Å². The first-order chi connectivity index (χ1) is 6.27. The zero-order valence-corrected chi connectivity index (χ0v) is 8.41. The van der Waals surface area contributed by atoms with Crippen LogP contribution in [-0.2, 0) is 18.7 Å². The van der Waals surface area contributed by atoms with Gasteiger partial charge in [0.25, 0.3) is 0 Å². The van der Waals surface area contributed by atoms with Gasteiger partial charge in [-0.15, -0.1) is 0 Å². The Morgan fingerprint density at radius 3 is 2.85 bits per heavy atom. The standard InChI is InChI=1S/C7H13O5P/c1-9-5-4(8)3-2-10-7(11-3)6(5)12-13/h3-8H,2,13H2,1H3/t3?,4-,5-,6?,7-/m1/s1. The molecule has 76 valence electrons. The lowest BCUT2D eigenvalue weighted by Gasteiger charge is -2.36. The van der Waals surface area contributed by atoms with Gasteiger partial charge in [0.2, 0.25) is 0 Å². The number of fused-ring (bicyclic) bond motifs is 2. The molecule has 0 radical (unpaired) electrons. The van der Waals surface area contributed by atoms with Crippen LogP contribution >= 0.6 is 9.47 Å². The molecule has 0 spiro atoms. The predicted molar refractivity (Wildman–Crippen MR) is 46.0 cm³/mol. The number of aliphatic hydroxyl groups is 1. The third-order valence-corrected chi connectivity index (χ3v) is 2.79. The molecule has 1 N–H and O–H groups in total. The SMILES string of the molecule is CO[C@H]1C(OP)[C@@H]2OCC(O2)[C@H]1O. The summed E-state index contributed by atoms with van der Waals surface area (Å²) in [5.41, 5.74) is 0. The van der Waals surface area contributed by atoms with Crippen LogP contribution in [0, 0.1) is 0 Å². The van der Waals surface area contributed by atoms with Crippen LogP contribution in [0.3, 0.4) is 0 Å². The van der Waals surface area contributed by atoms with Crippen molar-refractivity contribution in [2.24, 2.45) is 0 Å². The second kappa shape index (κ2) is 3.77. The smallest absolute Gasteiger partial charge is 0.187 e. The fourth-order valence-corrected chi connectivity index (χ4v) is 2.05. The number of ether oxygens (including phenoxy) is 3. The fraction of sp³-hybridized carbons (Fsp3) is 1.00. The maximum atomic E-state index is 9.74. The fourth-order valence-electron chi connectivity index (χ4n) is 1.77. The number of aliphatic hydroxyl groups excluding tert-OH is 1. The zero-order valence-electron chi connectivity index (χ0n) is 7.25. The van der Waals surface area contributed by atoms with E-state index in [1.165, 1.54) is 7.11 Å². The van der Waals surface area contributed by atoms with Gasteiger partial charge in [0.05, 0.1) is 6.61 Å². The minimum atomic E-state index is -0.686. The number of hydrogen-bond acceptors (Lipinski definition) is 5. The molecule has 13 heavy (non-hydrogen) atoms. The van der Waals surface area contributed by atoms with Gasteiger partial charge in [0.1, 0.15) is 24.4 Å². The van der Waals surface area contributed by atoms with Gasteiger partial charge in [-0.05, 0) is 0 Å². The number of rotatable bonds is 2. The second-order valence-corrected chi connectivity index (χ2v) is 3.44. The summed E-state index contributed by atoms with van der Waals surface area (Å²) in [4.78, 5) is 0. The van der Waals surface area contributed by atoms with Gasteiger partial charge in [-0.2, -0.15) is 0 Å². The van der Waals surface area contributed by atoms with Crippen molar-refractivity contribution in [2.75, 3.05) is 13.7 Å². The van der Waals surface area contributed by atoms with E-state index in [0.29, 0.717) is 6.61 Å². The van der Waals surface area contributed by atoms with Crippen molar-refractivity contribution >= 4 is 9.47 Å². The first kappa shape index (κ1) is 9.77. The van der Waals surface area contributed by atoms with E-state index >= 15 is 0 Å². The molecule has 0 aromatic rings. The van der Waals surface area contributed by atoms with Crippen LogP contribution < -0.4 is 0 Å². The molecule has 6 atom stereocenters. The predicted octanol–water partition coefficient (Wildman–Crippen LogP) is -0.707. The molecular formula is C7H13O5P. The Morgan fingerprint density at radius 2 is 2.23 bits per heavy atom. The third kappa shape index (κ3) is 1.50. The van der Waals surface area contributed by atoms with E-state index in [4.69, 9.17) is 18.7 Å². The lowest BCUT2D eigenvalue weighted by atomic mass is 10.0. The second-order valence-electron chi connectivity index (χ2n) is 3.17. The summed E-state index contributed by atoms with van der Waals surface area (Å²) >= 11 is 0. The summed E-state index contributed by atoms with van der Waals surface area (Å²) in [6, 6.07) is 0. The number of methoxy groups -OCH3 is 1. The van der Waals surface area contributed by atoms with Crippen LogP contribution in [0.2, 0.25) is 0 Å². The minimum Gasteiger partial charge on any atom is -0.387 e. The van der Waals surface area contributed by atoms with E-state index in [0.717, 1.165) is 0 Å². The van der Waals surface area contributed by atoms with Crippen LogP contribution in [0.15, 0.2) is 0 Å². The van der Waals surface area contributed by atoms with Gasteiger partial charge in [0.15, 0.2) is 6.29 Å². The Bertz CT molecular complexity index is 186. The first-order valence-corrected chi connectivity index (χ1v) is 4.58. The lowest BCUT2D eigenvalue weighted by Crippen LogP contribution is -2.54. The molecule has 2 rings (SSSR count). The highest BCUT2D eigenvalue weighted by Gasteiger charge is 2.50. The molecule has 0 amide bonds. The molecule has 2 heterocycles. The van der Waals surface area contributed by atoms with Gasteiger partial charge in [-0.25, -0.2) is 0 Å². The van der Waals surface area contributed by atoms with Crippen molar-refractivity contribution in [3.63, 3.8) is 0 Å². The number of hydrogen-bond donors (Lipinski definition) is 1. The molecule has 0 saturated carbocycles. The van der Waals surface area contributed by atoms with Crippen LogP contribution in [0.1, 0.15) is 0 Å². The molecule has 2 aliphatic heterocycles. The first-order valence-electron chi connectivity index (χ1n) is 4.11. The Labute approximate surface area is 78.6 Å². The molecule has 0 aromatic heterocycles. The van der Waals surface area contributed by atoms with E-state index in [1.54, 1.807) is 0 Å². The molecule has 2 bridgehead atoms. The van der Waals surface area contributed by atoms with Crippen molar-refractivity contribution in [3.05, 3.63) is 0 Å². The molecule has 0 aliphatic carbocycles. The van der Waals surface area contributed by atoms with Gasteiger partial charge in [-0.3, -0.25) is 0 Å². The molecule has 2 fully saturated rings. The Hall–Kier alpha value is 0.230. The summed E-state index contributed by atoms with van der Waals surface area (Å²) in [5.74, 6) is 0. The average molecular weight is 208 g/mol. The molecular weight excluding hydrogens is 195 g/mol. The van der Waals surface area contributed by atoms with Crippen molar-refractivity contribution in [3.8, 4) is 0 Å². The summed E-state index contributed by atoms with van der Waals surface area (Å²) in [7, 11) is 3.67. The van der Waals surface area contributed by atoms with Gasteiger partial charge >= 0.3 is 0 Å². The molecule has 3 unspecified atom stereocenters. The normalized spacial score (nSPS) is 49.6. The van der Waals surface area contributed by atoms with Crippen LogP contribution in [0.4, 0.5) is 0 Å². The Morgan fingerprint density at radius 1 is 1.46 bits per heavy atom. The van der Waals surface area contributed by atoms with Crippen molar-refractivity contribution < 1.29 is 23.8 Å². The molecule has 5 nitrogen and oxygen atoms in total. The van der Waals surface area contributed by atoms with Gasteiger partial charge in [0, 0.05) is 16.6 Å². The van der Waals surface area contributed by atoms with E-state index < -0.39 is 12.4 Å². The summed E-state index contributed by atoms with van der Waals surface area (Å²) in [6.07, 6.45) is -2.16. The minimum absolute atomic E-state index is 0.286. The van der Waals surface area contributed by atoms with Crippen molar-refractivity contribution in [1.82, 2.24) is 0 Å². The molecule has 2 aliphatic rings. The third-order valence-electron chi connectivity index (χ3n) is 2.47. The topological polar surface area (TPSA) is 57.2 Å². The van der Waals surface area contributed by atoms with Gasteiger partial charge in [-0.1, -0.05) is 0 Å². The van der Waals surface area contributed by atoms with Crippen LogP contribution in [0.25, 0.3) is 0 Å². The summed E-state index contributed by atoms with van der Waals surface area (Å²) < 4.78 is 20.9. The van der Waals surface area contributed by atoms with E-state index in [-0.39, 0.29) is 18.3 Å². The Balaban J connectivity index is 2.15. The monoisotopic (exact) mass is 208 g/mol. The molecule has 2 saturated heterocycles. The summed E-state index contributed by atoms with van der Waals surface area (Å²) in [6.45, 7) is 0.399. The lowest BCUT2D eigenvalue weighted by molar-refractivity contribution is -0.224. The largest absolute Gasteiger partial charge is 0.387 e.